The maximum Gasteiger partial charge on any atom is 0.270 e. The smallest absolute Gasteiger partial charge is 0.270 e. The van der Waals surface area contributed by atoms with Crippen molar-refractivity contribution >= 4 is 17.5 Å². The fourth-order valence-corrected chi connectivity index (χ4v) is 2.63. The van der Waals surface area contributed by atoms with Crippen LogP contribution in [0.15, 0.2) is 12.3 Å². The van der Waals surface area contributed by atoms with Crippen LogP contribution in [0.3, 0.4) is 0 Å². The second kappa shape index (κ2) is 5.76. The average molecular weight is 271 g/mol. The molecule has 1 aliphatic heterocycles. The molecular weight excluding hydrogens is 252 g/mol. The highest BCUT2D eigenvalue weighted by atomic mass is 35.5. The molecule has 1 aliphatic rings. The molecule has 1 saturated heterocycles. The molecule has 100 valence electrons. The van der Waals surface area contributed by atoms with Gasteiger partial charge in [-0.3, -0.25) is 4.79 Å². The zero-order valence-corrected chi connectivity index (χ0v) is 11.4. The Balaban J connectivity index is 2.13. The molecule has 1 fully saturated rings. The number of amides is 1. The minimum atomic E-state index is 0.0197. The van der Waals surface area contributed by atoms with E-state index >= 15 is 0 Å². The summed E-state index contributed by atoms with van der Waals surface area (Å²) in [5, 5.41) is 9.72. The second-order valence-electron chi connectivity index (χ2n) is 4.83. The van der Waals surface area contributed by atoms with E-state index in [1.54, 1.807) is 17.2 Å². The number of aromatic nitrogens is 1. The van der Waals surface area contributed by atoms with E-state index in [1.807, 2.05) is 4.57 Å². The van der Waals surface area contributed by atoms with E-state index in [9.17, 15) is 4.79 Å². The Morgan fingerprint density at radius 2 is 2.39 bits per heavy atom. The molecule has 4 nitrogen and oxygen atoms in total. The van der Waals surface area contributed by atoms with E-state index < -0.39 is 0 Å². The first-order valence-corrected chi connectivity index (χ1v) is 6.79. The van der Waals surface area contributed by atoms with Crippen LogP contribution in [0.1, 0.15) is 30.3 Å². The van der Waals surface area contributed by atoms with Gasteiger partial charge >= 0.3 is 0 Å². The fraction of sp³-hybridized carbons (Fsp3) is 0.615. The van der Waals surface area contributed by atoms with Crippen LogP contribution < -0.4 is 0 Å². The van der Waals surface area contributed by atoms with E-state index in [2.05, 4.69) is 6.92 Å². The highest BCUT2D eigenvalue weighted by Gasteiger charge is 2.28. The van der Waals surface area contributed by atoms with Gasteiger partial charge in [-0.1, -0.05) is 18.5 Å². The lowest BCUT2D eigenvalue weighted by Gasteiger charge is -2.17. The van der Waals surface area contributed by atoms with Crippen LogP contribution in [0.5, 0.6) is 0 Å². The fourth-order valence-electron chi connectivity index (χ4n) is 2.41. The Bertz CT molecular complexity index is 431. The number of aliphatic hydroxyl groups excluding tert-OH is 1. The van der Waals surface area contributed by atoms with Gasteiger partial charge in [-0.05, 0) is 18.9 Å². The maximum absolute atomic E-state index is 12.4. The molecule has 1 atom stereocenters. The quantitative estimate of drug-likeness (QED) is 0.910. The first-order chi connectivity index (χ1) is 8.65. The Morgan fingerprint density at radius 3 is 3.00 bits per heavy atom. The third kappa shape index (κ3) is 2.70. The van der Waals surface area contributed by atoms with E-state index in [4.69, 9.17) is 16.7 Å². The molecule has 18 heavy (non-hydrogen) atoms. The molecule has 0 saturated carbocycles. The molecule has 1 N–H and O–H groups in total. The van der Waals surface area contributed by atoms with E-state index in [0.717, 1.165) is 25.9 Å². The molecule has 0 radical (unpaired) electrons. The summed E-state index contributed by atoms with van der Waals surface area (Å²) >= 11 is 5.98. The largest absolute Gasteiger partial charge is 0.396 e. The zero-order valence-electron chi connectivity index (χ0n) is 10.6. The monoisotopic (exact) mass is 270 g/mol. The number of rotatable bonds is 4. The summed E-state index contributed by atoms with van der Waals surface area (Å²) in [6.07, 6.45) is 3.65. The van der Waals surface area contributed by atoms with Crippen molar-refractivity contribution in [3.05, 3.63) is 23.0 Å². The predicted octanol–water partition coefficient (Wildman–Crippen LogP) is 2.01. The molecule has 0 spiro atoms. The van der Waals surface area contributed by atoms with Crippen molar-refractivity contribution in [3.8, 4) is 0 Å². The molecule has 1 aromatic heterocycles. The minimum Gasteiger partial charge on any atom is -0.396 e. The highest BCUT2D eigenvalue weighted by molar-refractivity contribution is 6.31. The summed E-state index contributed by atoms with van der Waals surface area (Å²) < 4.78 is 1.91. The lowest BCUT2D eigenvalue weighted by molar-refractivity contribution is 0.0771. The molecule has 5 heteroatoms. The molecule has 1 amide bonds. The number of carbonyl (C=O) groups excluding carboxylic acids is 1. The van der Waals surface area contributed by atoms with Crippen LogP contribution in [-0.2, 0) is 6.54 Å². The van der Waals surface area contributed by atoms with Crippen molar-refractivity contribution in [2.45, 2.75) is 26.3 Å². The molecule has 0 bridgehead atoms. The van der Waals surface area contributed by atoms with Crippen LogP contribution in [0.2, 0.25) is 5.02 Å². The molecule has 1 unspecified atom stereocenters. The first kappa shape index (κ1) is 13.4. The Morgan fingerprint density at radius 1 is 1.61 bits per heavy atom. The number of nitrogens with zero attached hydrogens (tertiary/aromatic N) is 2. The predicted molar refractivity (Wildman–Crippen MR) is 70.8 cm³/mol. The third-order valence-corrected chi connectivity index (χ3v) is 3.58. The van der Waals surface area contributed by atoms with Crippen LogP contribution in [0.4, 0.5) is 0 Å². The summed E-state index contributed by atoms with van der Waals surface area (Å²) in [6, 6.07) is 1.73. The SMILES string of the molecule is CCCn1cc(Cl)cc1C(=O)N1CCC(CO)C1. The number of halogens is 1. The van der Waals surface area contributed by atoms with Crippen LogP contribution in [-0.4, -0.2) is 40.2 Å². The first-order valence-electron chi connectivity index (χ1n) is 6.41. The van der Waals surface area contributed by atoms with Crippen LogP contribution in [0.25, 0.3) is 0 Å². The molecule has 0 aliphatic carbocycles. The minimum absolute atomic E-state index is 0.0197. The number of hydrogen-bond acceptors (Lipinski definition) is 2. The summed E-state index contributed by atoms with van der Waals surface area (Å²) in [5.41, 5.74) is 0.653. The van der Waals surface area contributed by atoms with Gasteiger partial charge < -0.3 is 14.6 Å². The third-order valence-electron chi connectivity index (χ3n) is 3.38. The van der Waals surface area contributed by atoms with Gasteiger partial charge in [0.1, 0.15) is 5.69 Å². The summed E-state index contributed by atoms with van der Waals surface area (Å²) in [5.74, 6) is 0.241. The standard InChI is InChI=1S/C13H19ClN2O2/c1-2-4-15-8-11(14)6-12(15)13(18)16-5-3-10(7-16)9-17/h6,8,10,17H,2-5,7,9H2,1H3. The molecular formula is C13H19ClN2O2. The van der Waals surface area contributed by atoms with Gasteiger partial charge in [0.05, 0.1) is 5.02 Å². The van der Waals surface area contributed by atoms with Crippen molar-refractivity contribution in [3.63, 3.8) is 0 Å². The van der Waals surface area contributed by atoms with Gasteiger partial charge in [0, 0.05) is 38.4 Å². The van der Waals surface area contributed by atoms with E-state index in [-0.39, 0.29) is 18.4 Å². The van der Waals surface area contributed by atoms with Gasteiger partial charge in [0.15, 0.2) is 0 Å². The van der Waals surface area contributed by atoms with Crippen molar-refractivity contribution in [1.29, 1.82) is 0 Å². The molecule has 1 aromatic rings. The Kier molecular flexibility index (Phi) is 4.30. The van der Waals surface area contributed by atoms with Gasteiger partial charge in [-0.25, -0.2) is 0 Å². The summed E-state index contributed by atoms with van der Waals surface area (Å²) in [4.78, 5) is 14.2. The van der Waals surface area contributed by atoms with Gasteiger partial charge in [0.25, 0.3) is 5.91 Å². The Labute approximate surface area is 112 Å². The van der Waals surface area contributed by atoms with Crippen molar-refractivity contribution in [1.82, 2.24) is 9.47 Å². The number of carbonyl (C=O) groups is 1. The zero-order chi connectivity index (χ0) is 13.1. The highest BCUT2D eigenvalue weighted by Crippen LogP contribution is 2.21. The lowest BCUT2D eigenvalue weighted by atomic mass is 10.1. The van der Waals surface area contributed by atoms with Gasteiger partial charge in [0.2, 0.25) is 0 Å². The number of aryl methyl sites for hydroxylation is 1. The van der Waals surface area contributed by atoms with Gasteiger partial charge in [-0.15, -0.1) is 0 Å². The maximum atomic E-state index is 12.4. The average Bonchev–Trinajstić information content (AvgIpc) is 2.95. The van der Waals surface area contributed by atoms with Crippen molar-refractivity contribution in [2.75, 3.05) is 19.7 Å². The normalized spacial score (nSPS) is 19.5. The van der Waals surface area contributed by atoms with E-state index in [1.165, 1.54) is 0 Å². The second-order valence-corrected chi connectivity index (χ2v) is 5.26. The lowest BCUT2D eigenvalue weighted by Crippen LogP contribution is -2.30. The summed E-state index contributed by atoms with van der Waals surface area (Å²) in [6.45, 7) is 4.38. The molecule has 0 aromatic carbocycles. The van der Waals surface area contributed by atoms with Crippen molar-refractivity contribution < 1.29 is 9.90 Å². The number of aliphatic hydroxyl groups is 1. The number of likely N-dealkylation sites (tertiary alicyclic amines) is 1. The Hall–Kier alpha value is -1.00. The summed E-state index contributed by atoms with van der Waals surface area (Å²) in [7, 11) is 0. The van der Waals surface area contributed by atoms with Crippen molar-refractivity contribution in [2.24, 2.45) is 5.92 Å². The van der Waals surface area contributed by atoms with E-state index in [0.29, 0.717) is 17.3 Å². The molecule has 2 rings (SSSR count). The molecule has 2 heterocycles. The van der Waals surface area contributed by atoms with Crippen LogP contribution in [0, 0.1) is 5.92 Å². The van der Waals surface area contributed by atoms with Gasteiger partial charge in [-0.2, -0.15) is 0 Å². The topological polar surface area (TPSA) is 45.5 Å². The number of hydrogen-bond donors (Lipinski definition) is 1. The van der Waals surface area contributed by atoms with Crippen LogP contribution >= 0.6 is 11.6 Å².